The van der Waals surface area contributed by atoms with Crippen LogP contribution in [0.4, 0.5) is 5.69 Å². The van der Waals surface area contributed by atoms with Gasteiger partial charge in [0.1, 0.15) is 0 Å². The van der Waals surface area contributed by atoms with Crippen LogP contribution in [0, 0.1) is 0 Å². The number of benzene rings is 1. The molecule has 0 aromatic heterocycles. The Balaban J connectivity index is 2.30. The Morgan fingerprint density at radius 2 is 2.16 bits per heavy atom. The monoisotopic (exact) mass is 261 g/mol. The number of fused-ring (bicyclic) bond motifs is 1. The van der Waals surface area contributed by atoms with Gasteiger partial charge in [-0.1, -0.05) is 12.1 Å². The molecule has 0 fully saturated rings. The standard InChI is InChI=1S/C14H19N3O2/c1-8(16-12(18)7-15)9-4-5-11-10(6-9)14(2,3)13(19)17-11/h4-6,8H,7,15H2,1-3H3,(H,16,18)(H,17,19). The van der Waals surface area contributed by atoms with E-state index in [9.17, 15) is 9.59 Å². The van der Waals surface area contributed by atoms with Gasteiger partial charge >= 0.3 is 0 Å². The number of carbonyl (C=O) groups is 2. The van der Waals surface area contributed by atoms with E-state index in [0.29, 0.717) is 0 Å². The summed E-state index contributed by atoms with van der Waals surface area (Å²) in [5.41, 5.74) is 7.51. The molecule has 5 heteroatoms. The Labute approximate surface area is 112 Å². The molecule has 0 radical (unpaired) electrons. The van der Waals surface area contributed by atoms with Crippen LogP contribution in [-0.2, 0) is 15.0 Å². The average Bonchev–Trinajstić information content (AvgIpc) is 2.60. The molecule has 4 N–H and O–H groups in total. The van der Waals surface area contributed by atoms with Crippen LogP contribution in [0.3, 0.4) is 0 Å². The fraction of sp³-hybridized carbons (Fsp3) is 0.429. The summed E-state index contributed by atoms with van der Waals surface area (Å²) < 4.78 is 0. The van der Waals surface area contributed by atoms with Gasteiger partial charge in [0.25, 0.3) is 0 Å². The van der Waals surface area contributed by atoms with Crippen molar-refractivity contribution in [3.8, 4) is 0 Å². The van der Waals surface area contributed by atoms with Crippen molar-refractivity contribution in [1.82, 2.24) is 5.32 Å². The largest absolute Gasteiger partial charge is 0.348 e. The van der Waals surface area contributed by atoms with Gasteiger partial charge in [-0.05, 0) is 38.0 Å². The Morgan fingerprint density at radius 1 is 1.47 bits per heavy atom. The van der Waals surface area contributed by atoms with Crippen LogP contribution in [0.15, 0.2) is 18.2 Å². The molecule has 5 nitrogen and oxygen atoms in total. The summed E-state index contributed by atoms with van der Waals surface area (Å²) in [5.74, 6) is -0.195. The van der Waals surface area contributed by atoms with E-state index in [1.54, 1.807) is 0 Å². The Hall–Kier alpha value is -1.88. The highest BCUT2D eigenvalue weighted by molar-refractivity contribution is 6.05. The fourth-order valence-electron chi connectivity index (χ4n) is 2.24. The summed E-state index contributed by atoms with van der Waals surface area (Å²) >= 11 is 0. The molecule has 102 valence electrons. The lowest BCUT2D eigenvalue weighted by Crippen LogP contribution is -2.32. The van der Waals surface area contributed by atoms with Crippen LogP contribution in [0.5, 0.6) is 0 Å². The van der Waals surface area contributed by atoms with Crippen LogP contribution in [-0.4, -0.2) is 18.4 Å². The maximum atomic E-state index is 11.9. The van der Waals surface area contributed by atoms with Gasteiger partial charge in [-0.25, -0.2) is 0 Å². The van der Waals surface area contributed by atoms with Crippen LogP contribution in [0.25, 0.3) is 0 Å². The maximum Gasteiger partial charge on any atom is 0.234 e. The second-order valence-electron chi connectivity index (χ2n) is 5.38. The van der Waals surface area contributed by atoms with E-state index < -0.39 is 5.41 Å². The van der Waals surface area contributed by atoms with Gasteiger partial charge in [0.05, 0.1) is 18.0 Å². The number of hydrogen-bond donors (Lipinski definition) is 3. The first-order valence-corrected chi connectivity index (χ1v) is 6.31. The van der Waals surface area contributed by atoms with Gasteiger partial charge in [0, 0.05) is 5.69 Å². The minimum atomic E-state index is -0.539. The zero-order valence-electron chi connectivity index (χ0n) is 11.4. The number of carbonyl (C=O) groups excluding carboxylic acids is 2. The minimum absolute atomic E-state index is 0.00158. The lowest BCUT2D eigenvalue weighted by molar-refractivity contribution is -0.120. The molecule has 0 aliphatic carbocycles. The summed E-state index contributed by atoms with van der Waals surface area (Å²) in [5, 5.41) is 5.67. The number of nitrogens with two attached hydrogens (primary N) is 1. The summed E-state index contributed by atoms with van der Waals surface area (Å²) in [4.78, 5) is 23.2. The van der Waals surface area contributed by atoms with Crippen molar-refractivity contribution in [2.75, 3.05) is 11.9 Å². The average molecular weight is 261 g/mol. The first-order chi connectivity index (χ1) is 8.86. The molecule has 0 spiro atoms. The van der Waals surface area contributed by atoms with Crippen LogP contribution < -0.4 is 16.4 Å². The van der Waals surface area contributed by atoms with Crippen molar-refractivity contribution in [2.24, 2.45) is 5.73 Å². The summed E-state index contributed by atoms with van der Waals surface area (Å²) in [6, 6.07) is 5.62. The van der Waals surface area contributed by atoms with Gasteiger partial charge < -0.3 is 16.4 Å². The minimum Gasteiger partial charge on any atom is -0.348 e. The first-order valence-electron chi connectivity index (χ1n) is 6.31. The lowest BCUT2D eigenvalue weighted by Gasteiger charge is -2.18. The molecule has 1 aromatic carbocycles. The van der Waals surface area contributed by atoms with Crippen LogP contribution >= 0.6 is 0 Å². The molecule has 1 aliphatic rings. The third-order valence-electron chi connectivity index (χ3n) is 3.60. The molecule has 1 unspecified atom stereocenters. The first kappa shape index (κ1) is 13.5. The molecule has 0 saturated heterocycles. The van der Waals surface area contributed by atoms with E-state index in [1.807, 2.05) is 39.0 Å². The lowest BCUT2D eigenvalue weighted by atomic mass is 9.85. The fourth-order valence-corrected chi connectivity index (χ4v) is 2.24. The SMILES string of the molecule is CC(NC(=O)CN)c1ccc2c(c1)C(C)(C)C(=O)N2. The highest BCUT2D eigenvalue weighted by Crippen LogP contribution is 2.38. The number of hydrogen-bond acceptors (Lipinski definition) is 3. The number of anilines is 1. The molecule has 0 bridgehead atoms. The number of amides is 2. The highest BCUT2D eigenvalue weighted by Gasteiger charge is 2.38. The Bertz CT molecular complexity index is 537. The molecule has 19 heavy (non-hydrogen) atoms. The summed E-state index contributed by atoms with van der Waals surface area (Å²) in [6.45, 7) is 5.65. The predicted octanol–water partition coefficient (Wildman–Crippen LogP) is 1.05. The van der Waals surface area contributed by atoms with E-state index in [-0.39, 0.29) is 24.4 Å². The number of nitrogens with one attached hydrogen (secondary N) is 2. The van der Waals surface area contributed by atoms with E-state index in [4.69, 9.17) is 5.73 Å². The molecular weight excluding hydrogens is 242 g/mol. The van der Waals surface area contributed by atoms with E-state index in [0.717, 1.165) is 16.8 Å². The predicted molar refractivity (Wildman–Crippen MR) is 73.7 cm³/mol. The Morgan fingerprint density at radius 3 is 2.79 bits per heavy atom. The second kappa shape index (κ2) is 4.66. The van der Waals surface area contributed by atoms with E-state index >= 15 is 0 Å². The van der Waals surface area contributed by atoms with Gasteiger partial charge in [0.2, 0.25) is 11.8 Å². The van der Waals surface area contributed by atoms with E-state index in [2.05, 4.69) is 10.6 Å². The third kappa shape index (κ3) is 2.33. The zero-order chi connectivity index (χ0) is 14.2. The normalized spacial score (nSPS) is 17.6. The van der Waals surface area contributed by atoms with Crippen molar-refractivity contribution in [1.29, 1.82) is 0 Å². The molecule has 2 amide bonds. The van der Waals surface area contributed by atoms with Gasteiger partial charge in [-0.3, -0.25) is 9.59 Å². The molecule has 1 aliphatic heterocycles. The molecule has 1 atom stereocenters. The zero-order valence-corrected chi connectivity index (χ0v) is 11.4. The molecule has 0 saturated carbocycles. The maximum absolute atomic E-state index is 11.9. The third-order valence-corrected chi connectivity index (χ3v) is 3.60. The summed E-state index contributed by atoms with van der Waals surface area (Å²) in [6.07, 6.45) is 0. The molecule has 1 aromatic rings. The van der Waals surface area contributed by atoms with Gasteiger partial charge in [-0.2, -0.15) is 0 Å². The summed E-state index contributed by atoms with van der Waals surface area (Å²) in [7, 11) is 0. The van der Waals surface area contributed by atoms with Crippen molar-refractivity contribution in [2.45, 2.75) is 32.2 Å². The van der Waals surface area contributed by atoms with Gasteiger partial charge in [0.15, 0.2) is 0 Å². The van der Waals surface area contributed by atoms with Crippen molar-refractivity contribution in [3.05, 3.63) is 29.3 Å². The van der Waals surface area contributed by atoms with Crippen molar-refractivity contribution >= 4 is 17.5 Å². The van der Waals surface area contributed by atoms with E-state index in [1.165, 1.54) is 0 Å². The number of rotatable bonds is 3. The molecular formula is C14H19N3O2. The highest BCUT2D eigenvalue weighted by atomic mass is 16.2. The quantitative estimate of drug-likeness (QED) is 0.760. The smallest absolute Gasteiger partial charge is 0.234 e. The Kier molecular flexibility index (Phi) is 3.32. The molecule has 1 heterocycles. The van der Waals surface area contributed by atoms with Crippen LogP contribution in [0.1, 0.15) is 37.9 Å². The van der Waals surface area contributed by atoms with Crippen molar-refractivity contribution < 1.29 is 9.59 Å². The van der Waals surface area contributed by atoms with Crippen molar-refractivity contribution in [3.63, 3.8) is 0 Å². The topological polar surface area (TPSA) is 84.2 Å². The van der Waals surface area contributed by atoms with Crippen LogP contribution in [0.2, 0.25) is 0 Å². The second-order valence-corrected chi connectivity index (χ2v) is 5.38. The molecule has 2 rings (SSSR count). The van der Waals surface area contributed by atoms with Gasteiger partial charge in [-0.15, -0.1) is 0 Å².